The fourth-order valence-corrected chi connectivity index (χ4v) is 2.13. The third kappa shape index (κ3) is 3.75. The zero-order chi connectivity index (χ0) is 14.5. The smallest absolute Gasteiger partial charge is 0.334 e. The van der Waals surface area contributed by atoms with E-state index in [1.807, 2.05) is 4.90 Å². The molecule has 0 amide bonds. The van der Waals surface area contributed by atoms with Crippen molar-refractivity contribution in [2.45, 2.75) is 12.5 Å². The predicted molar refractivity (Wildman–Crippen MR) is 70.6 cm³/mol. The van der Waals surface area contributed by atoms with Crippen LogP contribution < -0.4 is 0 Å². The van der Waals surface area contributed by atoms with Gasteiger partial charge in [0.25, 0.3) is 5.69 Å². The number of carboxylic acids is 1. The van der Waals surface area contributed by atoms with E-state index < -0.39 is 17.0 Å². The highest BCUT2D eigenvalue weighted by molar-refractivity contribution is 5.72. The van der Waals surface area contributed by atoms with Crippen molar-refractivity contribution in [3.63, 3.8) is 0 Å². The van der Waals surface area contributed by atoms with E-state index in [1.54, 1.807) is 12.1 Å². The monoisotopic (exact) mass is 280 g/mol. The van der Waals surface area contributed by atoms with Gasteiger partial charge in [0.1, 0.15) is 0 Å². The Hall–Kier alpha value is -1.99. The van der Waals surface area contributed by atoms with Crippen LogP contribution in [0.25, 0.3) is 0 Å². The summed E-state index contributed by atoms with van der Waals surface area (Å²) in [5.74, 6) is -0.940. The van der Waals surface area contributed by atoms with Crippen LogP contribution in [0.15, 0.2) is 24.3 Å². The first-order valence-electron chi connectivity index (χ1n) is 6.36. The lowest BCUT2D eigenvalue weighted by atomic mass is 10.1. The highest BCUT2D eigenvalue weighted by atomic mass is 16.6. The molecule has 0 spiro atoms. The molecule has 1 N–H and O–H groups in total. The summed E-state index contributed by atoms with van der Waals surface area (Å²) in [4.78, 5) is 23.0. The van der Waals surface area contributed by atoms with Crippen LogP contribution in [0.1, 0.15) is 5.56 Å². The molecule has 1 aromatic rings. The number of rotatable bonds is 5. The molecule has 1 aliphatic rings. The molecule has 20 heavy (non-hydrogen) atoms. The number of hydrogen-bond acceptors (Lipinski definition) is 5. The van der Waals surface area contributed by atoms with E-state index in [-0.39, 0.29) is 5.69 Å². The van der Waals surface area contributed by atoms with Crippen molar-refractivity contribution in [3.05, 3.63) is 39.9 Å². The maximum atomic E-state index is 10.9. The van der Waals surface area contributed by atoms with Crippen LogP contribution in [0.2, 0.25) is 0 Å². The molecule has 108 valence electrons. The van der Waals surface area contributed by atoms with Crippen LogP contribution in [-0.2, 0) is 16.0 Å². The van der Waals surface area contributed by atoms with E-state index in [4.69, 9.17) is 9.84 Å². The molecule has 1 atom stereocenters. The quantitative estimate of drug-likeness (QED) is 0.637. The third-order valence-electron chi connectivity index (χ3n) is 3.29. The summed E-state index contributed by atoms with van der Waals surface area (Å²) in [5.41, 5.74) is 1.07. The summed E-state index contributed by atoms with van der Waals surface area (Å²) in [6, 6.07) is 6.42. The number of nitro benzene ring substituents is 1. The summed E-state index contributed by atoms with van der Waals surface area (Å²) in [6.07, 6.45) is -0.0368. The third-order valence-corrected chi connectivity index (χ3v) is 3.29. The average Bonchev–Trinajstić information content (AvgIpc) is 2.46. The van der Waals surface area contributed by atoms with Gasteiger partial charge < -0.3 is 9.84 Å². The summed E-state index contributed by atoms with van der Waals surface area (Å²) >= 11 is 0. The van der Waals surface area contributed by atoms with Crippen molar-refractivity contribution in [1.82, 2.24) is 4.90 Å². The van der Waals surface area contributed by atoms with E-state index in [1.165, 1.54) is 12.1 Å². The molecule has 0 aromatic heterocycles. The van der Waals surface area contributed by atoms with Crippen molar-refractivity contribution in [3.8, 4) is 0 Å². The largest absolute Gasteiger partial charge is 0.479 e. The van der Waals surface area contributed by atoms with Gasteiger partial charge >= 0.3 is 5.97 Å². The van der Waals surface area contributed by atoms with E-state index in [0.29, 0.717) is 26.2 Å². The summed E-state index contributed by atoms with van der Waals surface area (Å²) in [6.45, 7) is 2.21. The van der Waals surface area contributed by atoms with Gasteiger partial charge in [-0.2, -0.15) is 0 Å². The number of nitrogens with zero attached hydrogens (tertiary/aromatic N) is 2. The predicted octanol–water partition coefficient (Wildman–Crippen LogP) is 0.923. The van der Waals surface area contributed by atoms with E-state index in [2.05, 4.69) is 0 Å². The van der Waals surface area contributed by atoms with Gasteiger partial charge in [-0.15, -0.1) is 0 Å². The zero-order valence-corrected chi connectivity index (χ0v) is 10.9. The first-order chi connectivity index (χ1) is 9.56. The Morgan fingerprint density at radius 3 is 2.75 bits per heavy atom. The Morgan fingerprint density at radius 1 is 1.45 bits per heavy atom. The fourth-order valence-electron chi connectivity index (χ4n) is 2.13. The molecule has 1 aliphatic heterocycles. The molecule has 1 aromatic carbocycles. The normalized spacial score (nSPS) is 19.7. The molecular weight excluding hydrogens is 264 g/mol. The molecule has 7 heteroatoms. The Balaban J connectivity index is 1.85. The summed E-state index contributed by atoms with van der Waals surface area (Å²) in [7, 11) is 0. The number of carbonyl (C=O) groups is 1. The summed E-state index contributed by atoms with van der Waals surface area (Å²) in [5, 5.41) is 19.5. The number of nitro groups is 1. The van der Waals surface area contributed by atoms with E-state index in [9.17, 15) is 14.9 Å². The molecular formula is C13H16N2O5. The SMILES string of the molecule is O=C(O)C1CN(CCc2ccc([N+](=O)[O-])cc2)CCO1. The molecule has 7 nitrogen and oxygen atoms in total. The Labute approximate surface area is 115 Å². The highest BCUT2D eigenvalue weighted by Crippen LogP contribution is 2.13. The minimum absolute atomic E-state index is 0.0751. The number of benzene rings is 1. The number of hydrogen-bond donors (Lipinski definition) is 1. The zero-order valence-electron chi connectivity index (χ0n) is 10.9. The van der Waals surface area contributed by atoms with Gasteiger partial charge in [0.05, 0.1) is 11.5 Å². The second-order valence-electron chi connectivity index (χ2n) is 4.67. The Kier molecular flexibility index (Phi) is 4.65. The van der Waals surface area contributed by atoms with Gasteiger partial charge in [-0.3, -0.25) is 15.0 Å². The number of carboxylic acid groups (broad SMARTS) is 1. The van der Waals surface area contributed by atoms with Crippen LogP contribution in [0.4, 0.5) is 5.69 Å². The Morgan fingerprint density at radius 2 is 2.15 bits per heavy atom. The van der Waals surface area contributed by atoms with Crippen LogP contribution >= 0.6 is 0 Å². The van der Waals surface area contributed by atoms with Gasteiger partial charge in [-0.1, -0.05) is 12.1 Å². The molecule has 0 bridgehead atoms. The molecule has 0 aliphatic carbocycles. The molecule has 1 fully saturated rings. The van der Waals surface area contributed by atoms with Crippen LogP contribution in [0.3, 0.4) is 0 Å². The molecule has 1 unspecified atom stereocenters. The topological polar surface area (TPSA) is 92.9 Å². The summed E-state index contributed by atoms with van der Waals surface area (Å²) < 4.78 is 5.15. The Bertz CT molecular complexity index is 488. The number of ether oxygens (including phenoxy) is 1. The first kappa shape index (κ1) is 14.4. The fraction of sp³-hybridized carbons (Fsp3) is 0.462. The van der Waals surface area contributed by atoms with Crippen molar-refractivity contribution in [2.75, 3.05) is 26.2 Å². The number of non-ortho nitro benzene ring substituents is 1. The maximum Gasteiger partial charge on any atom is 0.334 e. The molecule has 0 radical (unpaired) electrons. The van der Waals surface area contributed by atoms with Crippen molar-refractivity contribution in [2.24, 2.45) is 0 Å². The second-order valence-corrected chi connectivity index (χ2v) is 4.67. The lowest BCUT2D eigenvalue weighted by Crippen LogP contribution is -2.46. The minimum atomic E-state index is -0.940. The van der Waals surface area contributed by atoms with Crippen molar-refractivity contribution >= 4 is 11.7 Å². The van der Waals surface area contributed by atoms with Gasteiger partial charge in [0, 0.05) is 31.8 Å². The average molecular weight is 280 g/mol. The van der Waals surface area contributed by atoms with Gasteiger partial charge in [-0.05, 0) is 12.0 Å². The lowest BCUT2D eigenvalue weighted by Gasteiger charge is -2.30. The minimum Gasteiger partial charge on any atom is -0.479 e. The van der Waals surface area contributed by atoms with Crippen molar-refractivity contribution < 1.29 is 19.6 Å². The van der Waals surface area contributed by atoms with Gasteiger partial charge in [-0.25, -0.2) is 4.79 Å². The van der Waals surface area contributed by atoms with Crippen molar-refractivity contribution in [1.29, 1.82) is 0 Å². The van der Waals surface area contributed by atoms with E-state index >= 15 is 0 Å². The van der Waals surface area contributed by atoms with Crippen LogP contribution in [0, 0.1) is 10.1 Å². The van der Waals surface area contributed by atoms with Gasteiger partial charge in [0.15, 0.2) is 6.10 Å². The number of aliphatic carboxylic acids is 1. The standard InChI is InChI=1S/C13H16N2O5/c16-13(17)12-9-14(7-8-20-12)6-5-10-1-3-11(4-2-10)15(18)19/h1-4,12H,5-9H2,(H,16,17). The molecule has 0 saturated carbocycles. The molecule has 1 heterocycles. The van der Waals surface area contributed by atoms with Gasteiger partial charge in [0.2, 0.25) is 0 Å². The van der Waals surface area contributed by atoms with Crippen LogP contribution in [0.5, 0.6) is 0 Å². The highest BCUT2D eigenvalue weighted by Gasteiger charge is 2.25. The second kappa shape index (κ2) is 6.44. The number of morpholine rings is 1. The molecule has 1 saturated heterocycles. The maximum absolute atomic E-state index is 10.9. The molecule has 2 rings (SSSR count). The van der Waals surface area contributed by atoms with E-state index in [0.717, 1.165) is 12.0 Å². The first-order valence-corrected chi connectivity index (χ1v) is 6.36. The van der Waals surface area contributed by atoms with Crippen LogP contribution in [-0.4, -0.2) is 53.2 Å². The lowest BCUT2D eigenvalue weighted by molar-refractivity contribution is -0.384.